The van der Waals surface area contributed by atoms with Gasteiger partial charge in [0.2, 0.25) is 0 Å². The highest BCUT2D eigenvalue weighted by atomic mass is 19.1. The molecule has 19 heavy (non-hydrogen) atoms. The van der Waals surface area contributed by atoms with Gasteiger partial charge in [-0.3, -0.25) is 4.98 Å². The minimum atomic E-state index is -0.310. The van der Waals surface area contributed by atoms with Gasteiger partial charge in [-0.1, -0.05) is 12.8 Å². The average Bonchev–Trinajstić information content (AvgIpc) is 2.87. The molecular formula is C15H21FN2O. The van der Waals surface area contributed by atoms with Crippen molar-refractivity contribution < 1.29 is 9.13 Å². The van der Waals surface area contributed by atoms with E-state index >= 15 is 0 Å². The standard InChI is InChI=1S/C15H21FN2O/c16-12-3-4-13(18-10-12)14(17)11-5-8-19-15(9-11)6-1-2-7-15/h3-4,10-11,14H,1-2,5-9,17H2. The van der Waals surface area contributed by atoms with E-state index in [1.54, 1.807) is 6.07 Å². The molecule has 1 aliphatic carbocycles. The smallest absolute Gasteiger partial charge is 0.141 e. The van der Waals surface area contributed by atoms with Crippen molar-refractivity contribution in [2.45, 2.75) is 50.2 Å². The van der Waals surface area contributed by atoms with E-state index in [2.05, 4.69) is 4.98 Å². The van der Waals surface area contributed by atoms with Crippen LogP contribution in [0.15, 0.2) is 18.3 Å². The molecule has 1 aromatic heterocycles. The van der Waals surface area contributed by atoms with Crippen molar-refractivity contribution in [1.29, 1.82) is 0 Å². The first kappa shape index (κ1) is 13.0. The number of hydrogen-bond donors (Lipinski definition) is 1. The van der Waals surface area contributed by atoms with Crippen LogP contribution in [0.5, 0.6) is 0 Å². The first-order chi connectivity index (χ1) is 9.19. The summed E-state index contributed by atoms with van der Waals surface area (Å²) in [4.78, 5) is 4.13. The Balaban J connectivity index is 1.72. The summed E-state index contributed by atoms with van der Waals surface area (Å²) < 4.78 is 18.9. The maximum atomic E-state index is 12.9. The number of aromatic nitrogens is 1. The zero-order valence-electron chi connectivity index (χ0n) is 11.1. The molecule has 2 atom stereocenters. The first-order valence-electron chi connectivity index (χ1n) is 7.20. The largest absolute Gasteiger partial charge is 0.375 e. The Morgan fingerprint density at radius 3 is 2.84 bits per heavy atom. The van der Waals surface area contributed by atoms with Crippen LogP contribution >= 0.6 is 0 Å². The minimum Gasteiger partial charge on any atom is -0.375 e. The second-order valence-electron chi connectivity index (χ2n) is 5.92. The molecular weight excluding hydrogens is 243 g/mol. The Kier molecular flexibility index (Phi) is 3.54. The van der Waals surface area contributed by atoms with Gasteiger partial charge in [-0.15, -0.1) is 0 Å². The van der Waals surface area contributed by atoms with E-state index in [9.17, 15) is 4.39 Å². The van der Waals surface area contributed by atoms with Crippen LogP contribution in [-0.4, -0.2) is 17.2 Å². The lowest BCUT2D eigenvalue weighted by Crippen LogP contribution is -2.40. The van der Waals surface area contributed by atoms with Crippen molar-refractivity contribution in [2.75, 3.05) is 6.61 Å². The zero-order valence-corrected chi connectivity index (χ0v) is 11.1. The number of pyridine rings is 1. The molecule has 2 N–H and O–H groups in total. The number of nitrogens with zero attached hydrogens (tertiary/aromatic N) is 1. The fourth-order valence-corrected chi connectivity index (χ4v) is 3.57. The molecule has 1 aromatic rings. The lowest BCUT2D eigenvalue weighted by molar-refractivity contribution is -0.0965. The van der Waals surface area contributed by atoms with Crippen molar-refractivity contribution >= 4 is 0 Å². The van der Waals surface area contributed by atoms with Crippen LogP contribution in [-0.2, 0) is 4.74 Å². The van der Waals surface area contributed by atoms with Gasteiger partial charge in [0.15, 0.2) is 0 Å². The van der Waals surface area contributed by atoms with Crippen molar-refractivity contribution in [1.82, 2.24) is 4.98 Å². The van der Waals surface area contributed by atoms with E-state index in [1.165, 1.54) is 25.1 Å². The van der Waals surface area contributed by atoms with Crippen molar-refractivity contribution in [3.05, 3.63) is 29.8 Å². The predicted octanol–water partition coefficient (Wildman–Crippen LogP) is 2.96. The second kappa shape index (κ2) is 5.17. The maximum absolute atomic E-state index is 12.9. The van der Waals surface area contributed by atoms with Crippen LogP contribution in [0.3, 0.4) is 0 Å². The van der Waals surface area contributed by atoms with E-state index in [0.717, 1.165) is 38.0 Å². The fraction of sp³-hybridized carbons (Fsp3) is 0.667. The highest BCUT2D eigenvalue weighted by molar-refractivity contribution is 5.11. The maximum Gasteiger partial charge on any atom is 0.141 e. The summed E-state index contributed by atoms with van der Waals surface area (Å²) >= 11 is 0. The molecule has 1 saturated carbocycles. The Labute approximate surface area is 113 Å². The second-order valence-corrected chi connectivity index (χ2v) is 5.92. The lowest BCUT2D eigenvalue weighted by Gasteiger charge is -2.40. The number of rotatable bonds is 2. The van der Waals surface area contributed by atoms with Crippen LogP contribution in [0.1, 0.15) is 50.3 Å². The third kappa shape index (κ3) is 2.65. The van der Waals surface area contributed by atoms with Gasteiger partial charge in [0.25, 0.3) is 0 Å². The Bertz CT molecular complexity index is 428. The summed E-state index contributed by atoms with van der Waals surface area (Å²) in [6, 6.07) is 3.03. The Morgan fingerprint density at radius 1 is 1.37 bits per heavy atom. The summed E-state index contributed by atoms with van der Waals surface area (Å²) in [5, 5.41) is 0. The van der Waals surface area contributed by atoms with E-state index in [-0.39, 0.29) is 17.5 Å². The van der Waals surface area contributed by atoms with Crippen LogP contribution in [0.25, 0.3) is 0 Å². The van der Waals surface area contributed by atoms with Crippen LogP contribution in [0.4, 0.5) is 4.39 Å². The summed E-state index contributed by atoms with van der Waals surface area (Å²) in [5.74, 6) is 0.0833. The molecule has 3 rings (SSSR count). The van der Waals surface area contributed by atoms with Gasteiger partial charge in [-0.25, -0.2) is 4.39 Å². The average molecular weight is 264 g/mol. The van der Waals surface area contributed by atoms with Gasteiger partial charge < -0.3 is 10.5 Å². The highest BCUT2D eigenvalue weighted by Crippen LogP contribution is 2.44. The molecule has 0 amide bonds. The molecule has 104 valence electrons. The summed E-state index contributed by atoms with van der Waals surface area (Å²) in [5.41, 5.74) is 7.19. The molecule has 2 aliphatic rings. The number of ether oxygens (including phenoxy) is 1. The SMILES string of the molecule is NC(c1ccc(F)cn1)C1CCOC2(CCCC2)C1. The summed E-state index contributed by atoms with van der Waals surface area (Å²) in [6.07, 6.45) is 8.09. The highest BCUT2D eigenvalue weighted by Gasteiger charge is 2.41. The fourth-order valence-electron chi connectivity index (χ4n) is 3.57. The van der Waals surface area contributed by atoms with Crippen LogP contribution in [0, 0.1) is 11.7 Å². The van der Waals surface area contributed by atoms with Crippen LogP contribution < -0.4 is 5.73 Å². The Hall–Kier alpha value is -1.00. The van der Waals surface area contributed by atoms with Crippen molar-refractivity contribution in [3.63, 3.8) is 0 Å². The van der Waals surface area contributed by atoms with Crippen molar-refractivity contribution in [3.8, 4) is 0 Å². The number of hydrogen-bond acceptors (Lipinski definition) is 3. The molecule has 0 aromatic carbocycles. The third-order valence-electron chi connectivity index (χ3n) is 4.65. The van der Waals surface area contributed by atoms with E-state index < -0.39 is 0 Å². The van der Waals surface area contributed by atoms with Gasteiger partial charge in [0.05, 0.1) is 23.5 Å². The van der Waals surface area contributed by atoms with Crippen molar-refractivity contribution in [2.24, 2.45) is 11.7 Å². The topological polar surface area (TPSA) is 48.1 Å². The molecule has 2 heterocycles. The molecule has 4 heteroatoms. The first-order valence-corrected chi connectivity index (χ1v) is 7.20. The van der Waals surface area contributed by atoms with Gasteiger partial charge in [-0.2, -0.15) is 0 Å². The molecule has 3 nitrogen and oxygen atoms in total. The van der Waals surface area contributed by atoms with Gasteiger partial charge in [0.1, 0.15) is 5.82 Å². The molecule has 2 fully saturated rings. The van der Waals surface area contributed by atoms with E-state index in [1.807, 2.05) is 0 Å². The predicted molar refractivity (Wildman–Crippen MR) is 71.0 cm³/mol. The molecule has 1 saturated heterocycles. The van der Waals surface area contributed by atoms with Gasteiger partial charge in [-0.05, 0) is 43.7 Å². The normalized spacial score (nSPS) is 27.6. The minimum absolute atomic E-state index is 0.0700. The van der Waals surface area contributed by atoms with Gasteiger partial charge >= 0.3 is 0 Å². The molecule has 1 aliphatic heterocycles. The quantitative estimate of drug-likeness (QED) is 0.893. The van der Waals surface area contributed by atoms with Crippen LogP contribution in [0.2, 0.25) is 0 Å². The molecule has 0 bridgehead atoms. The molecule has 1 spiro atoms. The van der Waals surface area contributed by atoms with Gasteiger partial charge in [0, 0.05) is 6.61 Å². The third-order valence-corrected chi connectivity index (χ3v) is 4.65. The number of halogens is 1. The number of nitrogens with two attached hydrogens (primary N) is 1. The monoisotopic (exact) mass is 264 g/mol. The molecule has 0 radical (unpaired) electrons. The summed E-state index contributed by atoms with van der Waals surface area (Å²) in [7, 11) is 0. The molecule has 2 unspecified atom stereocenters. The zero-order chi connectivity index (χ0) is 13.3. The lowest BCUT2D eigenvalue weighted by atomic mass is 9.80. The summed E-state index contributed by atoms with van der Waals surface area (Å²) in [6.45, 7) is 0.791. The van der Waals surface area contributed by atoms with E-state index in [0.29, 0.717) is 5.92 Å². The Morgan fingerprint density at radius 2 is 2.16 bits per heavy atom. The van der Waals surface area contributed by atoms with E-state index in [4.69, 9.17) is 10.5 Å².